The van der Waals surface area contributed by atoms with Crippen LogP contribution in [0.3, 0.4) is 0 Å². The molecule has 2 rings (SSSR count). The van der Waals surface area contributed by atoms with E-state index >= 15 is 0 Å². The van der Waals surface area contributed by atoms with Crippen molar-refractivity contribution in [3.8, 4) is 0 Å². The molecule has 0 aromatic carbocycles. The van der Waals surface area contributed by atoms with E-state index in [-0.39, 0.29) is 6.61 Å². The van der Waals surface area contributed by atoms with Crippen LogP contribution in [0.4, 0.5) is 0 Å². The third kappa shape index (κ3) is 1.31. The summed E-state index contributed by atoms with van der Waals surface area (Å²) in [5.41, 5.74) is 6.63. The Kier molecular flexibility index (Phi) is 2.63. The number of rotatable bonds is 3. The average Bonchev–Trinajstić information content (AvgIpc) is 2.52. The van der Waals surface area contributed by atoms with Crippen LogP contribution in [0, 0.1) is 28.6 Å². The van der Waals surface area contributed by atoms with Gasteiger partial charge in [0.25, 0.3) is 0 Å². The zero-order valence-corrected chi connectivity index (χ0v) is 10.3. The van der Waals surface area contributed by atoms with Crippen molar-refractivity contribution in [1.82, 2.24) is 0 Å². The minimum Gasteiger partial charge on any atom is -0.396 e. The topological polar surface area (TPSA) is 46.2 Å². The van der Waals surface area contributed by atoms with Gasteiger partial charge in [0.2, 0.25) is 0 Å². The Morgan fingerprint density at radius 2 is 2.07 bits per heavy atom. The molecular weight excluding hydrogens is 186 g/mol. The average molecular weight is 211 g/mol. The Labute approximate surface area is 93.2 Å². The molecule has 2 fully saturated rings. The molecule has 0 spiro atoms. The van der Waals surface area contributed by atoms with Gasteiger partial charge >= 0.3 is 0 Å². The highest BCUT2D eigenvalue weighted by molar-refractivity contribution is 5.11. The summed E-state index contributed by atoms with van der Waals surface area (Å²) in [4.78, 5) is 0. The second-order valence-electron chi connectivity index (χ2n) is 6.40. The van der Waals surface area contributed by atoms with E-state index in [0.717, 1.165) is 5.92 Å². The molecule has 4 atom stereocenters. The lowest BCUT2D eigenvalue weighted by atomic mass is 9.63. The van der Waals surface area contributed by atoms with Crippen LogP contribution in [-0.4, -0.2) is 18.3 Å². The van der Waals surface area contributed by atoms with Gasteiger partial charge in [0.15, 0.2) is 0 Å². The monoisotopic (exact) mass is 211 g/mol. The summed E-state index contributed by atoms with van der Waals surface area (Å²) in [5, 5.41) is 9.42. The highest BCUT2D eigenvalue weighted by atomic mass is 16.3. The summed E-state index contributed by atoms with van der Waals surface area (Å²) in [5.74, 6) is 1.81. The van der Waals surface area contributed by atoms with E-state index in [2.05, 4.69) is 20.8 Å². The molecule has 2 nitrogen and oxygen atoms in total. The fourth-order valence-electron chi connectivity index (χ4n) is 4.34. The van der Waals surface area contributed by atoms with Crippen molar-refractivity contribution in [2.45, 2.75) is 40.0 Å². The molecule has 2 heteroatoms. The lowest BCUT2D eigenvalue weighted by Gasteiger charge is -2.42. The van der Waals surface area contributed by atoms with Crippen molar-refractivity contribution in [2.75, 3.05) is 13.2 Å². The normalized spacial score (nSPS) is 44.6. The first-order chi connectivity index (χ1) is 6.97. The molecule has 2 bridgehead atoms. The highest BCUT2D eigenvalue weighted by Crippen LogP contribution is 2.69. The Morgan fingerprint density at radius 3 is 2.40 bits per heavy atom. The van der Waals surface area contributed by atoms with Gasteiger partial charge in [-0.2, -0.15) is 0 Å². The van der Waals surface area contributed by atoms with Crippen LogP contribution >= 0.6 is 0 Å². The molecule has 2 saturated carbocycles. The highest BCUT2D eigenvalue weighted by Gasteiger charge is 2.62. The Bertz CT molecular complexity index is 247. The molecular formula is C13H25NO. The predicted molar refractivity (Wildman–Crippen MR) is 62.3 cm³/mol. The molecule has 0 unspecified atom stereocenters. The minimum absolute atomic E-state index is 0.263. The van der Waals surface area contributed by atoms with Crippen molar-refractivity contribution >= 4 is 0 Å². The van der Waals surface area contributed by atoms with Gasteiger partial charge in [0.05, 0.1) is 0 Å². The molecule has 2 aliphatic rings. The van der Waals surface area contributed by atoms with E-state index in [4.69, 9.17) is 5.73 Å². The van der Waals surface area contributed by atoms with Gasteiger partial charge in [0, 0.05) is 6.61 Å². The molecule has 0 amide bonds. The summed E-state index contributed by atoms with van der Waals surface area (Å²) in [7, 11) is 0. The van der Waals surface area contributed by atoms with E-state index in [0.29, 0.717) is 29.2 Å². The molecule has 0 saturated heterocycles. The van der Waals surface area contributed by atoms with Gasteiger partial charge in [-0.25, -0.2) is 0 Å². The number of hydrogen-bond acceptors (Lipinski definition) is 2. The molecule has 0 aromatic heterocycles. The first-order valence-electron chi connectivity index (χ1n) is 6.28. The lowest BCUT2D eigenvalue weighted by Crippen LogP contribution is -2.39. The molecule has 0 heterocycles. The zero-order valence-electron chi connectivity index (χ0n) is 10.3. The van der Waals surface area contributed by atoms with Crippen LogP contribution in [0.5, 0.6) is 0 Å². The fourth-order valence-corrected chi connectivity index (χ4v) is 4.34. The number of aliphatic hydroxyl groups is 1. The minimum atomic E-state index is 0.263. The maximum Gasteiger partial charge on any atom is 0.0474 e. The van der Waals surface area contributed by atoms with Crippen molar-refractivity contribution in [1.29, 1.82) is 0 Å². The van der Waals surface area contributed by atoms with Crippen LogP contribution in [0.15, 0.2) is 0 Å². The molecule has 0 aromatic rings. The first kappa shape index (κ1) is 11.4. The SMILES string of the molecule is CC1(C)[C@H]2CC[C@@]1(C)[C@H]([C@@H](CN)CO)C2. The summed E-state index contributed by atoms with van der Waals surface area (Å²) in [6.45, 7) is 8.15. The van der Waals surface area contributed by atoms with Gasteiger partial charge in [-0.05, 0) is 54.4 Å². The van der Waals surface area contributed by atoms with Crippen LogP contribution in [0.25, 0.3) is 0 Å². The number of aliphatic hydroxyl groups excluding tert-OH is 1. The molecule has 3 N–H and O–H groups in total. The van der Waals surface area contributed by atoms with Gasteiger partial charge in [-0.3, -0.25) is 0 Å². The van der Waals surface area contributed by atoms with Crippen LogP contribution < -0.4 is 5.73 Å². The van der Waals surface area contributed by atoms with Crippen molar-refractivity contribution in [3.63, 3.8) is 0 Å². The van der Waals surface area contributed by atoms with E-state index in [1.165, 1.54) is 19.3 Å². The van der Waals surface area contributed by atoms with E-state index in [9.17, 15) is 5.11 Å². The third-order valence-electron chi connectivity index (χ3n) is 5.97. The first-order valence-corrected chi connectivity index (χ1v) is 6.28. The van der Waals surface area contributed by atoms with E-state index in [1.54, 1.807) is 0 Å². The molecule has 2 aliphatic carbocycles. The number of nitrogens with two attached hydrogens (primary N) is 1. The second-order valence-corrected chi connectivity index (χ2v) is 6.40. The van der Waals surface area contributed by atoms with Gasteiger partial charge in [-0.15, -0.1) is 0 Å². The van der Waals surface area contributed by atoms with E-state index in [1.807, 2.05) is 0 Å². The van der Waals surface area contributed by atoms with Gasteiger partial charge in [-0.1, -0.05) is 20.8 Å². The van der Waals surface area contributed by atoms with Crippen molar-refractivity contribution < 1.29 is 5.11 Å². The maximum atomic E-state index is 9.42. The van der Waals surface area contributed by atoms with Crippen LogP contribution in [-0.2, 0) is 0 Å². The summed E-state index contributed by atoms with van der Waals surface area (Å²) >= 11 is 0. The standard InChI is InChI=1S/C13H25NO/c1-12(2)10-4-5-13(12,3)11(6-10)9(7-14)8-15/h9-11,15H,4-8,14H2,1-3H3/t9-,10-,11-,13-/m0/s1. The van der Waals surface area contributed by atoms with E-state index < -0.39 is 0 Å². The molecule has 88 valence electrons. The summed E-state index contributed by atoms with van der Waals surface area (Å²) < 4.78 is 0. The zero-order chi connectivity index (χ0) is 11.3. The fraction of sp³-hybridized carbons (Fsp3) is 1.00. The lowest BCUT2D eigenvalue weighted by molar-refractivity contribution is 0.0455. The molecule has 0 radical (unpaired) electrons. The van der Waals surface area contributed by atoms with Crippen LogP contribution in [0.2, 0.25) is 0 Å². The number of fused-ring (bicyclic) bond motifs is 2. The maximum absolute atomic E-state index is 9.42. The predicted octanol–water partition coefficient (Wildman–Crippen LogP) is 2.02. The summed E-state index contributed by atoms with van der Waals surface area (Å²) in [6, 6.07) is 0. The van der Waals surface area contributed by atoms with Gasteiger partial charge in [0.1, 0.15) is 0 Å². The van der Waals surface area contributed by atoms with Crippen LogP contribution in [0.1, 0.15) is 40.0 Å². The van der Waals surface area contributed by atoms with Crippen molar-refractivity contribution in [2.24, 2.45) is 34.3 Å². The summed E-state index contributed by atoms with van der Waals surface area (Å²) in [6.07, 6.45) is 3.99. The Balaban J connectivity index is 2.25. The quantitative estimate of drug-likeness (QED) is 0.750. The Hall–Kier alpha value is -0.0800. The number of hydrogen-bond donors (Lipinski definition) is 2. The van der Waals surface area contributed by atoms with Gasteiger partial charge < -0.3 is 10.8 Å². The smallest absolute Gasteiger partial charge is 0.0474 e. The van der Waals surface area contributed by atoms with Crippen molar-refractivity contribution in [3.05, 3.63) is 0 Å². The molecule has 15 heavy (non-hydrogen) atoms. The third-order valence-corrected chi connectivity index (χ3v) is 5.97. The second kappa shape index (κ2) is 3.46. The largest absolute Gasteiger partial charge is 0.396 e. The Morgan fingerprint density at radius 1 is 1.40 bits per heavy atom. The molecule has 0 aliphatic heterocycles.